The van der Waals surface area contributed by atoms with E-state index >= 15 is 0 Å². The van der Waals surface area contributed by atoms with Gasteiger partial charge in [0.1, 0.15) is 11.2 Å². The van der Waals surface area contributed by atoms with Gasteiger partial charge in [-0.2, -0.15) is 0 Å². The molecule has 7 rings (SSSR count). The highest BCUT2D eigenvalue weighted by molar-refractivity contribution is 6.10. The lowest BCUT2D eigenvalue weighted by molar-refractivity contribution is 0.438. The Morgan fingerprint density at radius 3 is 2.38 bits per heavy atom. The van der Waals surface area contributed by atoms with Gasteiger partial charge in [0.2, 0.25) is 0 Å². The molecule has 1 unspecified atom stereocenters. The summed E-state index contributed by atoms with van der Waals surface area (Å²) in [6.07, 6.45) is 7.93. The Balaban J connectivity index is 1.37. The van der Waals surface area contributed by atoms with Crippen molar-refractivity contribution in [3.05, 3.63) is 114 Å². The summed E-state index contributed by atoms with van der Waals surface area (Å²) in [6.45, 7) is 4.51. The highest BCUT2D eigenvalue weighted by atomic mass is 16.3. The molecule has 1 aliphatic carbocycles. The predicted molar refractivity (Wildman–Crippen MR) is 143 cm³/mol. The van der Waals surface area contributed by atoms with Crippen LogP contribution in [0.15, 0.2) is 108 Å². The Hall–Kier alpha value is -4.04. The summed E-state index contributed by atoms with van der Waals surface area (Å²) < 4.78 is 8.82. The van der Waals surface area contributed by atoms with Crippen LogP contribution in [-0.2, 0) is 5.54 Å². The highest BCUT2D eigenvalue weighted by Gasteiger charge is 2.29. The van der Waals surface area contributed by atoms with Crippen LogP contribution in [0.5, 0.6) is 0 Å². The van der Waals surface area contributed by atoms with Crippen LogP contribution in [0, 0.1) is 6.92 Å². The van der Waals surface area contributed by atoms with E-state index in [9.17, 15) is 0 Å². The summed E-state index contributed by atoms with van der Waals surface area (Å²) >= 11 is 0. The molecule has 0 saturated carbocycles. The van der Waals surface area contributed by atoms with Crippen molar-refractivity contribution in [3.63, 3.8) is 0 Å². The minimum Gasteiger partial charge on any atom is -0.455 e. The molecule has 34 heavy (non-hydrogen) atoms. The van der Waals surface area contributed by atoms with Crippen molar-refractivity contribution in [1.82, 2.24) is 4.57 Å². The number of furan rings is 1. The number of hydrogen-bond acceptors (Lipinski definition) is 1. The molecule has 2 heterocycles. The fourth-order valence-corrected chi connectivity index (χ4v) is 5.70. The zero-order chi connectivity index (χ0) is 22.9. The van der Waals surface area contributed by atoms with Crippen molar-refractivity contribution in [2.45, 2.75) is 25.8 Å². The van der Waals surface area contributed by atoms with Gasteiger partial charge in [-0.15, -0.1) is 0 Å². The second-order valence-electron chi connectivity index (χ2n) is 9.71. The number of fused-ring (bicyclic) bond motifs is 6. The molecule has 0 bridgehead atoms. The Morgan fingerprint density at radius 2 is 1.53 bits per heavy atom. The Kier molecular flexibility index (Phi) is 3.99. The lowest BCUT2D eigenvalue weighted by atomic mass is 9.87. The topological polar surface area (TPSA) is 18.1 Å². The maximum atomic E-state index is 6.31. The molecule has 0 aliphatic heterocycles. The molecule has 0 spiro atoms. The Morgan fingerprint density at radius 1 is 0.765 bits per heavy atom. The normalized spacial score (nSPS) is 18.4. The van der Waals surface area contributed by atoms with Gasteiger partial charge in [0.25, 0.3) is 0 Å². The monoisotopic (exact) mass is 439 g/mol. The Labute approximate surface area is 198 Å². The van der Waals surface area contributed by atoms with Gasteiger partial charge in [-0.25, -0.2) is 0 Å². The van der Waals surface area contributed by atoms with E-state index in [0.717, 1.165) is 23.2 Å². The number of rotatable bonds is 2. The quantitative estimate of drug-likeness (QED) is 0.264. The number of aryl methyl sites for hydroxylation is 1. The molecule has 0 N–H and O–H groups in total. The van der Waals surface area contributed by atoms with Crippen molar-refractivity contribution in [1.29, 1.82) is 0 Å². The van der Waals surface area contributed by atoms with E-state index < -0.39 is 0 Å². The van der Waals surface area contributed by atoms with Crippen molar-refractivity contribution >= 4 is 49.3 Å². The van der Waals surface area contributed by atoms with E-state index in [0.29, 0.717) is 0 Å². The van der Waals surface area contributed by atoms with Gasteiger partial charge in [-0.3, -0.25) is 0 Å². The average Bonchev–Trinajstić information content (AvgIpc) is 3.41. The van der Waals surface area contributed by atoms with E-state index in [2.05, 4.69) is 109 Å². The van der Waals surface area contributed by atoms with Crippen molar-refractivity contribution in [2.75, 3.05) is 0 Å². The molecule has 0 fully saturated rings. The van der Waals surface area contributed by atoms with Crippen LogP contribution in [0.2, 0.25) is 0 Å². The van der Waals surface area contributed by atoms with Crippen molar-refractivity contribution in [2.24, 2.45) is 0 Å². The first-order valence-corrected chi connectivity index (χ1v) is 11.9. The third-order valence-electron chi connectivity index (χ3n) is 7.41. The van der Waals surface area contributed by atoms with Crippen molar-refractivity contribution in [3.8, 4) is 0 Å². The summed E-state index contributed by atoms with van der Waals surface area (Å²) in [5.41, 5.74) is 8.00. The number of benzene rings is 4. The maximum Gasteiger partial charge on any atom is 0.143 e. The van der Waals surface area contributed by atoms with Gasteiger partial charge in [-0.1, -0.05) is 84.5 Å². The molecule has 0 saturated heterocycles. The summed E-state index contributed by atoms with van der Waals surface area (Å²) in [5, 5.41) is 4.99. The molecule has 1 aliphatic rings. The van der Waals surface area contributed by atoms with Crippen LogP contribution < -0.4 is 0 Å². The first-order chi connectivity index (χ1) is 16.6. The average molecular weight is 440 g/mol. The summed E-state index contributed by atoms with van der Waals surface area (Å²) in [7, 11) is 0. The lowest BCUT2D eigenvalue weighted by Gasteiger charge is -2.32. The molecule has 6 aromatic rings. The third kappa shape index (κ3) is 2.69. The van der Waals surface area contributed by atoms with Gasteiger partial charge in [0.15, 0.2) is 0 Å². The number of hydrogen-bond donors (Lipinski definition) is 0. The minimum absolute atomic E-state index is 0.151. The molecule has 1 atom stereocenters. The molecule has 164 valence electrons. The molecule has 4 aromatic carbocycles. The molecule has 2 nitrogen and oxygen atoms in total. The maximum absolute atomic E-state index is 6.31. The standard InChI is InChI=1S/C32H25NO/c1-21-14-15-29-27(20-21)24-8-3-5-12-28(24)33(29)32(2)18-16-22(17-19-32)23-10-7-11-26-25-9-4-6-13-30(25)34-31(23)26/h3-18,20H,19H2,1-2H3. The summed E-state index contributed by atoms with van der Waals surface area (Å²) in [4.78, 5) is 0. The summed E-state index contributed by atoms with van der Waals surface area (Å²) in [5.74, 6) is 0. The molecular formula is C32H25NO. The largest absolute Gasteiger partial charge is 0.455 e. The Bertz CT molecular complexity index is 1810. The molecule has 2 aromatic heterocycles. The van der Waals surface area contributed by atoms with Crippen LogP contribution in [-0.4, -0.2) is 4.57 Å². The van der Waals surface area contributed by atoms with E-state index in [1.54, 1.807) is 0 Å². The number of nitrogens with zero attached hydrogens (tertiary/aromatic N) is 1. The van der Waals surface area contributed by atoms with E-state index in [4.69, 9.17) is 4.42 Å². The minimum atomic E-state index is -0.151. The SMILES string of the molecule is Cc1ccc2c(c1)c1ccccc1n2C1(C)C=CC(c2cccc3c2oc2ccccc23)=CC1. The first-order valence-electron chi connectivity index (χ1n) is 11.9. The molecule has 0 radical (unpaired) electrons. The first kappa shape index (κ1) is 19.4. The van der Waals surface area contributed by atoms with Gasteiger partial charge in [-0.05, 0) is 50.1 Å². The fraction of sp³-hybridized carbons (Fsp3) is 0.125. The highest BCUT2D eigenvalue weighted by Crippen LogP contribution is 2.41. The second-order valence-corrected chi connectivity index (χ2v) is 9.71. The van der Waals surface area contributed by atoms with Gasteiger partial charge >= 0.3 is 0 Å². The van der Waals surface area contributed by atoms with E-state index in [1.807, 2.05) is 12.1 Å². The zero-order valence-corrected chi connectivity index (χ0v) is 19.4. The molecule has 0 amide bonds. The van der Waals surface area contributed by atoms with Crippen LogP contribution >= 0.6 is 0 Å². The van der Waals surface area contributed by atoms with E-state index in [1.165, 1.54) is 43.7 Å². The molecular weight excluding hydrogens is 414 g/mol. The van der Waals surface area contributed by atoms with Crippen LogP contribution in [0.3, 0.4) is 0 Å². The van der Waals surface area contributed by atoms with Gasteiger partial charge in [0, 0.05) is 38.1 Å². The predicted octanol–water partition coefficient (Wildman–Crippen LogP) is 8.76. The van der Waals surface area contributed by atoms with Crippen molar-refractivity contribution < 1.29 is 4.42 Å². The van der Waals surface area contributed by atoms with Crippen LogP contribution in [0.1, 0.15) is 24.5 Å². The summed E-state index contributed by atoms with van der Waals surface area (Å²) in [6, 6.07) is 30.3. The zero-order valence-electron chi connectivity index (χ0n) is 19.4. The van der Waals surface area contributed by atoms with E-state index in [-0.39, 0.29) is 5.54 Å². The number of allylic oxidation sites excluding steroid dienone is 4. The van der Waals surface area contributed by atoms with Gasteiger partial charge in [0.05, 0.1) is 5.54 Å². The third-order valence-corrected chi connectivity index (χ3v) is 7.41. The smallest absolute Gasteiger partial charge is 0.143 e. The number of aromatic nitrogens is 1. The second kappa shape index (κ2) is 6.98. The molecule has 2 heteroatoms. The van der Waals surface area contributed by atoms with Crippen LogP contribution in [0.4, 0.5) is 0 Å². The van der Waals surface area contributed by atoms with Crippen LogP contribution in [0.25, 0.3) is 49.3 Å². The van der Waals surface area contributed by atoms with Gasteiger partial charge < -0.3 is 8.98 Å². The lowest BCUT2D eigenvalue weighted by Crippen LogP contribution is -2.28. The number of para-hydroxylation sites is 3. The fourth-order valence-electron chi connectivity index (χ4n) is 5.70.